The summed E-state index contributed by atoms with van der Waals surface area (Å²) in [6.07, 6.45) is 6.65. The zero-order valence-electron chi connectivity index (χ0n) is 14.8. The number of hydrogen-bond acceptors (Lipinski definition) is 6. The molecule has 3 aliphatic carbocycles. The van der Waals surface area contributed by atoms with Gasteiger partial charge in [-0.2, -0.15) is 0 Å². The molecule has 3 heterocycles. The van der Waals surface area contributed by atoms with E-state index in [2.05, 4.69) is 5.92 Å². The highest BCUT2D eigenvalue weighted by molar-refractivity contribution is 6.02. The number of piperidine rings is 2. The maximum absolute atomic E-state index is 13.0. The van der Waals surface area contributed by atoms with Crippen LogP contribution in [-0.4, -0.2) is 53.8 Å². The number of rotatable bonds is 2. The maximum Gasteiger partial charge on any atom is 0.410 e. The number of hydrogen-bond donors (Lipinski definition) is 0. The van der Waals surface area contributed by atoms with Gasteiger partial charge in [-0.25, -0.2) is 9.59 Å². The molecular weight excluding hydrogens is 338 g/mol. The topological polar surface area (TPSA) is 82.1 Å². The molecule has 1 amide bonds. The van der Waals surface area contributed by atoms with Crippen LogP contribution in [0.5, 0.6) is 0 Å². The van der Waals surface area contributed by atoms with Crippen molar-refractivity contribution in [3.63, 3.8) is 0 Å². The highest BCUT2D eigenvalue weighted by Gasteiger charge is 3.00. The van der Waals surface area contributed by atoms with Gasteiger partial charge in [0.05, 0.1) is 17.5 Å². The molecular formula is C19H19NO6. The standard InChI is InChI=1S/C19H19NO6/c1-5-6-24-15(22)19-11-9-7-10-14(21)25-8-18(10,19)12(9)20(13(11)19)16(23)26-17(2,3)4/h1,7,9,11-13H,6,8H2,2-4H3. The third-order valence-corrected chi connectivity index (χ3v) is 6.56. The van der Waals surface area contributed by atoms with Crippen LogP contribution in [0.1, 0.15) is 20.8 Å². The second-order valence-corrected chi connectivity index (χ2v) is 8.66. The van der Waals surface area contributed by atoms with Gasteiger partial charge in [0.25, 0.3) is 0 Å². The van der Waals surface area contributed by atoms with E-state index in [0.29, 0.717) is 5.57 Å². The first kappa shape index (κ1) is 15.7. The van der Waals surface area contributed by atoms with Crippen molar-refractivity contribution in [3.05, 3.63) is 11.6 Å². The molecule has 7 heteroatoms. The Morgan fingerprint density at radius 1 is 1.42 bits per heavy atom. The Bertz CT molecular complexity index is 847. The van der Waals surface area contributed by atoms with Crippen molar-refractivity contribution in [2.45, 2.75) is 38.5 Å². The molecule has 2 saturated carbocycles. The number of cyclic esters (lactones) is 1. The van der Waals surface area contributed by atoms with Gasteiger partial charge in [-0.3, -0.25) is 9.69 Å². The van der Waals surface area contributed by atoms with Crippen LogP contribution >= 0.6 is 0 Å². The summed E-state index contributed by atoms with van der Waals surface area (Å²) in [5.41, 5.74) is -1.91. The highest BCUT2D eigenvalue weighted by atomic mass is 16.6. The fourth-order valence-corrected chi connectivity index (χ4v) is 6.14. The van der Waals surface area contributed by atoms with Gasteiger partial charge in [-0.1, -0.05) is 12.0 Å². The van der Waals surface area contributed by atoms with E-state index in [4.69, 9.17) is 20.6 Å². The SMILES string of the molecule is C#CCOC(=O)C12C3C4C=C5C(=O)OCC51C4N(C(=O)OC(C)(C)C)C32. The number of nitrogens with zero attached hydrogens (tertiary/aromatic N) is 1. The number of carbonyl (C=O) groups excluding carboxylic acids is 3. The lowest BCUT2D eigenvalue weighted by Crippen LogP contribution is -2.46. The number of ether oxygens (including phenoxy) is 3. The fraction of sp³-hybridized carbons (Fsp3) is 0.632. The van der Waals surface area contributed by atoms with Crippen molar-refractivity contribution in [2.75, 3.05) is 13.2 Å². The third kappa shape index (κ3) is 1.36. The molecule has 26 heavy (non-hydrogen) atoms. The maximum atomic E-state index is 13.0. The van der Waals surface area contributed by atoms with Gasteiger partial charge in [-0.15, -0.1) is 6.42 Å². The minimum Gasteiger partial charge on any atom is -0.461 e. The molecule has 0 aromatic heterocycles. The van der Waals surface area contributed by atoms with E-state index in [1.807, 2.05) is 6.08 Å². The summed E-state index contributed by atoms with van der Waals surface area (Å²) >= 11 is 0. The Kier molecular flexibility index (Phi) is 2.57. The first-order valence-electron chi connectivity index (χ1n) is 8.73. The lowest BCUT2D eigenvalue weighted by atomic mass is 9.70. The van der Waals surface area contributed by atoms with E-state index >= 15 is 0 Å². The van der Waals surface area contributed by atoms with Crippen molar-refractivity contribution in [1.29, 1.82) is 0 Å². The summed E-state index contributed by atoms with van der Waals surface area (Å²) in [4.78, 5) is 39.8. The second kappa shape index (κ2) is 4.25. The lowest BCUT2D eigenvalue weighted by molar-refractivity contribution is -0.153. The smallest absolute Gasteiger partial charge is 0.410 e. The molecule has 3 aliphatic heterocycles. The van der Waals surface area contributed by atoms with E-state index in [0.717, 1.165) is 0 Å². The average Bonchev–Trinajstić information content (AvgIpc) is 2.89. The highest BCUT2D eigenvalue weighted by Crippen LogP contribution is 2.88. The van der Waals surface area contributed by atoms with E-state index in [-0.39, 0.29) is 37.1 Å². The molecule has 0 aromatic carbocycles. The molecule has 3 saturated heterocycles. The van der Waals surface area contributed by atoms with Crippen LogP contribution in [0.25, 0.3) is 0 Å². The van der Waals surface area contributed by atoms with Gasteiger partial charge in [0.15, 0.2) is 6.61 Å². The van der Waals surface area contributed by atoms with Gasteiger partial charge in [0.1, 0.15) is 17.6 Å². The summed E-state index contributed by atoms with van der Waals surface area (Å²) in [6, 6.07) is -0.631. The van der Waals surface area contributed by atoms with Gasteiger partial charge >= 0.3 is 18.0 Å². The van der Waals surface area contributed by atoms with Crippen LogP contribution in [0.3, 0.4) is 0 Å². The van der Waals surface area contributed by atoms with E-state index < -0.39 is 34.5 Å². The van der Waals surface area contributed by atoms with Crippen molar-refractivity contribution in [1.82, 2.24) is 4.90 Å². The van der Waals surface area contributed by atoms with E-state index in [1.54, 1.807) is 25.7 Å². The molecule has 0 aromatic rings. The molecule has 0 N–H and O–H groups in total. The van der Waals surface area contributed by atoms with Gasteiger partial charge in [-0.05, 0) is 20.8 Å². The van der Waals surface area contributed by atoms with Gasteiger partial charge in [0.2, 0.25) is 0 Å². The fourth-order valence-electron chi connectivity index (χ4n) is 6.14. The molecule has 0 radical (unpaired) electrons. The van der Waals surface area contributed by atoms with Crippen LogP contribution in [0.15, 0.2) is 11.6 Å². The van der Waals surface area contributed by atoms with Crippen molar-refractivity contribution >= 4 is 18.0 Å². The molecule has 6 atom stereocenters. The molecule has 6 aliphatic rings. The van der Waals surface area contributed by atoms with Crippen molar-refractivity contribution in [2.24, 2.45) is 22.7 Å². The Hall–Kier alpha value is -2.49. The van der Waals surface area contributed by atoms with Crippen LogP contribution in [0, 0.1) is 35.0 Å². The number of esters is 2. The predicted octanol–water partition coefficient (Wildman–Crippen LogP) is 0.880. The molecule has 1 spiro atoms. The Labute approximate surface area is 150 Å². The van der Waals surface area contributed by atoms with E-state index in [1.165, 1.54) is 0 Å². The molecule has 6 rings (SSSR count). The number of carbonyl (C=O) groups is 3. The molecule has 136 valence electrons. The first-order valence-corrected chi connectivity index (χ1v) is 8.73. The zero-order valence-corrected chi connectivity index (χ0v) is 14.8. The van der Waals surface area contributed by atoms with Crippen LogP contribution in [0.4, 0.5) is 4.79 Å². The van der Waals surface area contributed by atoms with Crippen LogP contribution in [0.2, 0.25) is 0 Å². The average molecular weight is 357 g/mol. The number of terminal acetylenes is 1. The summed E-state index contributed by atoms with van der Waals surface area (Å²) in [7, 11) is 0. The van der Waals surface area contributed by atoms with Crippen LogP contribution < -0.4 is 0 Å². The Morgan fingerprint density at radius 2 is 2.15 bits per heavy atom. The Morgan fingerprint density at radius 3 is 2.81 bits per heavy atom. The Balaban J connectivity index is 1.58. The number of amides is 1. The van der Waals surface area contributed by atoms with Gasteiger partial charge < -0.3 is 14.2 Å². The predicted molar refractivity (Wildman–Crippen MR) is 86.3 cm³/mol. The summed E-state index contributed by atoms with van der Waals surface area (Å²) in [5, 5.41) is 0. The summed E-state index contributed by atoms with van der Waals surface area (Å²) in [5.74, 6) is 1.34. The normalized spacial score (nSPS) is 42.8. The monoisotopic (exact) mass is 357 g/mol. The summed E-state index contributed by atoms with van der Waals surface area (Å²) in [6.45, 7) is 5.35. The lowest BCUT2D eigenvalue weighted by Gasteiger charge is -2.32. The van der Waals surface area contributed by atoms with Gasteiger partial charge in [0, 0.05) is 17.4 Å². The van der Waals surface area contributed by atoms with Crippen molar-refractivity contribution < 1.29 is 28.6 Å². The quantitative estimate of drug-likeness (QED) is 0.415. The zero-order chi connectivity index (χ0) is 18.6. The minimum atomic E-state index is -0.938. The third-order valence-electron chi connectivity index (χ3n) is 6.56. The molecule has 7 nitrogen and oxygen atoms in total. The minimum absolute atomic E-state index is 0.0474. The second-order valence-electron chi connectivity index (χ2n) is 8.66. The molecule has 6 bridgehead atoms. The molecule has 6 unspecified atom stereocenters. The molecule has 5 fully saturated rings. The van der Waals surface area contributed by atoms with Crippen molar-refractivity contribution in [3.8, 4) is 12.3 Å². The largest absolute Gasteiger partial charge is 0.461 e. The summed E-state index contributed by atoms with van der Waals surface area (Å²) < 4.78 is 16.2. The van der Waals surface area contributed by atoms with Crippen LogP contribution in [-0.2, 0) is 23.8 Å². The van der Waals surface area contributed by atoms with E-state index in [9.17, 15) is 14.4 Å². The first-order chi connectivity index (χ1) is 12.2.